The van der Waals surface area contributed by atoms with Crippen molar-refractivity contribution >= 4 is 22.4 Å². The van der Waals surface area contributed by atoms with E-state index in [-0.39, 0.29) is 11.9 Å². The Bertz CT molecular complexity index is 680. The number of aromatic nitrogens is 1. The van der Waals surface area contributed by atoms with E-state index in [0.717, 1.165) is 41.5 Å². The fraction of sp³-hybridized carbons (Fsp3) is 0.412. The summed E-state index contributed by atoms with van der Waals surface area (Å²) < 4.78 is 0. The van der Waals surface area contributed by atoms with Crippen LogP contribution in [0.4, 0.5) is 5.13 Å². The molecule has 0 saturated carbocycles. The van der Waals surface area contributed by atoms with Crippen LogP contribution in [0.2, 0.25) is 0 Å². The molecule has 0 radical (unpaired) electrons. The quantitative estimate of drug-likeness (QED) is 0.911. The Kier molecular flexibility index (Phi) is 4.43. The number of amides is 1. The second-order valence-corrected chi connectivity index (χ2v) is 6.64. The van der Waals surface area contributed by atoms with E-state index >= 15 is 0 Å². The first-order valence-electron chi connectivity index (χ1n) is 7.76. The van der Waals surface area contributed by atoms with Gasteiger partial charge in [0.25, 0.3) is 5.91 Å². The number of benzene rings is 1. The zero-order chi connectivity index (χ0) is 15.5. The summed E-state index contributed by atoms with van der Waals surface area (Å²) in [5.74, 6) is 0.00327. The molecule has 1 atom stereocenters. The second-order valence-electron chi connectivity index (χ2n) is 5.65. The maximum atomic E-state index is 12.5. The van der Waals surface area contributed by atoms with Gasteiger partial charge in [-0.05, 0) is 44.2 Å². The third-order valence-electron chi connectivity index (χ3n) is 4.01. The Morgan fingerprint density at radius 1 is 1.36 bits per heavy atom. The second kappa shape index (κ2) is 6.48. The highest BCUT2D eigenvalue weighted by Gasteiger charge is 2.22. The lowest BCUT2D eigenvalue weighted by Crippen LogP contribution is -2.38. The summed E-state index contributed by atoms with van der Waals surface area (Å²) in [7, 11) is 0. The number of carbonyl (C=O) groups is 1. The molecule has 0 aliphatic heterocycles. The van der Waals surface area contributed by atoms with Gasteiger partial charge >= 0.3 is 0 Å². The minimum absolute atomic E-state index is 0.00327. The number of hydrogen-bond acceptors (Lipinski definition) is 4. The highest BCUT2D eigenvalue weighted by Crippen LogP contribution is 2.24. The van der Waals surface area contributed by atoms with Crippen LogP contribution in [0.25, 0.3) is 0 Å². The number of aryl methyl sites for hydroxylation is 2. The molecule has 0 bridgehead atoms. The molecule has 1 aromatic heterocycles. The zero-order valence-electron chi connectivity index (χ0n) is 13.0. The van der Waals surface area contributed by atoms with Gasteiger partial charge in [-0.1, -0.05) is 35.6 Å². The molecule has 1 amide bonds. The topological polar surface area (TPSA) is 54.0 Å². The van der Waals surface area contributed by atoms with E-state index in [0.29, 0.717) is 0 Å². The van der Waals surface area contributed by atoms with Gasteiger partial charge in [0, 0.05) is 12.6 Å². The van der Waals surface area contributed by atoms with E-state index in [1.807, 2.05) is 13.8 Å². The van der Waals surface area contributed by atoms with Gasteiger partial charge in [0.15, 0.2) is 5.13 Å². The van der Waals surface area contributed by atoms with Crippen LogP contribution in [0, 0.1) is 6.92 Å². The smallest absolute Gasteiger partial charge is 0.263 e. The number of hydrogen-bond donors (Lipinski definition) is 2. The fourth-order valence-electron chi connectivity index (χ4n) is 2.91. The van der Waals surface area contributed by atoms with Crippen molar-refractivity contribution < 1.29 is 4.79 Å². The number of thiazole rings is 1. The highest BCUT2D eigenvalue weighted by molar-refractivity contribution is 7.17. The molecule has 1 aromatic carbocycles. The molecule has 116 valence electrons. The molecule has 3 rings (SSSR count). The molecular weight excluding hydrogens is 294 g/mol. The Morgan fingerprint density at radius 3 is 2.91 bits per heavy atom. The van der Waals surface area contributed by atoms with Crippen molar-refractivity contribution in [3.05, 3.63) is 46.0 Å². The van der Waals surface area contributed by atoms with Crippen LogP contribution in [-0.2, 0) is 12.8 Å². The van der Waals surface area contributed by atoms with Crippen molar-refractivity contribution in [1.29, 1.82) is 0 Å². The molecule has 0 unspecified atom stereocenters. The van der Waals surface area contributed by atoms with Gasteiger partial charge in [0.1, 0.15) is 4.88 Å². The van der Waals surface area contributed by atoms with Gasteiger partial charge < -0.3 is 10.6 Å². The number of carbonyl (C=O) groups excluding carboxylic acids is 1. The summed E-state index contributed by atoms with van der Waals surface area (Å²) in [5, 5.41) is 7.16. The third-order valence-corrected chi connectivity index (χ3v) is 5.13. The maximum Gasteiger partial charge on any atom is 0.263 e. The first kappa shape index (κ1) is 15.0. The monoisotopic (exact) mass is 315 g/mol. The van der Waals surface area contributed by atoms with Gasteiger partial charge in [0.05, 0.1) is 5.69 Å². The fourth-order valence-corrected chi connectivity index (χ4v) is 3.84. The lowest BCUT2D eigenvalue weighted by molar-refractivity contribution is 0.0937. The summed E-state index contributed by atoms with van der Waals surface area (Å²) in [5.41, 5.74) is 3.57. The minimum Gasteiger partial charge on any atom is -0.362 e. The van der Waals surface area contributed by atoms with Gasteiger partial charge in [-0.25, -0.2) is 4.98 Å². The minimum atomic E-state index is 0.00327. The van der Waals surface area contributed by atoms with Crippen molar-refractivity contribution in [3.63, 3.8) is 0 Å². The van der Waals surface area contributed by atoms with Crippen molar-refractivity contribution in [2.24, 2.45) is 0 Å². The summed E-state index contributed by atoms with van der Waals surface area (Å²) in [6.07, 6.45) is 2.95. The lowest BCUT2D eigenvalue weighted by Gasteiger charge is -2.25. The average Bonchev–Trinajstić information content (AvgIpc) is 2.88. The van der Waals surface area contributed by atoms with Gasteiger partial charge in [-0.15, -0.1) is 0 Å². The first-order chi connectivity index (χ1) is 10.7. The number of nitrogens with zero attached hydrogens (tertiary/aromatic N) is 1. The summed E-state index contributed by atoms with van der Waals surface area (Å²) in [6, 6.07) is 8.71. The van der Waals surface area contributed by atoms with Crippen molar-refractivity contribution in [2.45, 2.75) is 39.2 Å². The Labute approximate surface area is 135 Å². The molecule has 0 fully saturated rings. The van der Waals surface area contributed by atoms with Crippen molar-refractivity contribution in [1.82, 2.24) is 10.3 Å². The van der Waals surface area contributed by atoms with Crippen LogP contribution in [0.3, 0.4) is 0 Å². The number of fused-ring (bicyclic) bond motifs is 1. The normalized spacial score (nSPS) is 16.9. The summed E-state index contributed by atoms with van der Waals surface area (Å²) in [6.45, 7) is 4.73. The molecule has 1 heterocycles. The first-order valence-corrected chi connectivity index (χ1v) is 8.58. The number of nitrogens with one attached hydrogen (secondary N) is 2. The Morgan fingerprint density at radius 2 is 2.14 bits per heavy atom. The number of anilines is 1. The van der Waals surface area contributed by atoms with Crippen LogP contribution < -0.4 is 10.6 Å². The van der Waals surface area contributed by atoms with Crippen molar-refractivity contribution in [3.8, 4) is 0 Å². The van der Waals surface area contributed by atoms with Crippen LogP contribution in [0.15, 0.2) is 24.3 Å². The lowest BCUT2D eigenvalue weighted by atomic mass is 9.88. The van der Waals surface area contributed by atoms with E-state index in [4.69, 9.17) is 0 Å². The predicted molar refractivity (Wildman–Crippen MR) is 90.7 cm³/mol. The standard InChI is InChI=1S/C17H21N3OS/c1-3-18-17-19-11(2)15(22-17)16(21)20-14-9-8-12-6-4-5-7-13(12)10-14/h4-7,14H,3,8-10H2,1-2H3,(H,18,19)(H,20,21)/t14-/m0/s1. The summed E-state index contributed by atoms with van der Waals surface area (Å²) >= 11 is 1.43. The van der Waals surface area contributed by atoms with Gasteiger partial charge in [0.2, 0.25) is 0 Å². The zero-order valence-corrected chi connectivity index (χ0v) is 13.8. The molecule has 0 saturated heterocycles. The molecule has 2 N–H and O–H groups in total. The van der Waals surface area contributed by atoms with E-state index in [1.165, 1.54) is 22.5 Å². The molecule has 1 aliphatic rings. The predicted octanol–water partition coefficient (Wildman–Crippen LogP) is 3.17. The van der Waals surface area contributed by atoms with Crippen LogP contribution in [0.5, 0.6) is 0 Å². The van der Waals surface area contributed by atoms with Gasteiger partial charge in [-0.3, -0.25) is 4.79 Å². The van der Waals surface area contributed by atoms with E-state index < -0.39 is 0 Å². The SMILES string of the molecule is CCNc1nc(C)c(C(=O)N[C@H]2CCc3ccccc3C2)s1. The average molecular weight is 315 g/mol. The van der Waals surface area contributed by atoms with E-state index in [1.54, 1.807) is 0 Å². The van der Waals surface area contributed by atoms with E-state index in [2.05, 4.69) is 39.9 Å². The molecule has 22 heavy (non-hydrogen) atoms. The number of rotatable bonds is 4. The Balaban J connectivity index is 1.68. The molecule has 4 nitrogen and oxygen atoms in total. The molecule has 2 aromatic rings. The Hall–Kier alpha value is -1.88. The molecule has 1 aliphatic carbocycles. The highest BCUT2D eigenvalue weighted by atomic mass is 32.1. The van der Waals surface area contributed by atoms with Crippen LogP contribution in [0.1, 0.15) is 39.8 Å². The summed E-state index contributed by atoms with van der Waals surface area (Å²) in [4.78, 5) is 17.6. The third kappa shape index (κ3) is 3.14. The van der Waals surface area contributed by atoms with Crippen molar-refractivity contribution in [2.75, 3.05) is 11.9 Å². The maximum absolute atomic E-state index is 12.5. The van der Waals surface area contributed by atoms with Gasteiger partial charge in [-0.2, -0.15) is 0 Å². The molecule has 5 heteroatoms. The van der Waals surface area contributed by atoms with Crippen LogP contribution in [-0.4, -0.2) is 23.5 Å². The largest absolute Gasteiger partial charge is 0.362 e. The molecule has 0 spiro atoms. The van der Waals surface area contributed by atoms with Crippen LogP contribution >= 0.6 is 11.3 Å². The van der Waals surface area contributed by atoms with E-state index in [9.17, 15) is 4.79 Å². The molecular formula is C17H21N3OS.